The molecule has 0 atom stereocenters. The number of ether oxygens (including phenoxy) is 1. The number of aliphatic hydroxyl groups is 2. The molecule has 0 aliphatic heterocycles. The molecule has 0 heterocycles. The van der Waals surface area contributed by atoms with E-state index in [0.29, 0.717) is 19.3 Å². The SMILES string of the molecule is CC.COC(=O)CCc1ccccc1C.OC1(O)CCCCC1. The molecule has 1 aromatic rings. The van der Waals surface area contributed by atoms with Crippen molar-refractivity contribution in [1.29, 1.82) is 0 Å². The summed E-state index contributed by atoms with van der Waals surface area (Å²) in [6.45, 7) is 6.05. The number of hydrogen-bond donors (Lipinski definition) is 2. The van der Waals surface area contributed by atoms with Gasteiger partial charge < -0.3 is 14.9 Å². The van der Waals surface area contributed by atoms with Crippen LogP contribution >= 0.6 is 0 Å². The van der Waals surface area contributed by atoms with Gasteiger partial charge in [0.1, 0.15) is 0 Å². The van der Waals surface area contributed by atoms with Gasteiger partial charge in [0, 0.05) is 19.3 Å². The Morgan fingerprint density at radius 3 is 2.13 bits per heavy atom. The first kappa shape index (κ1) is 21.6. The molecule has 0 saturated heterocycles. The normalized spacial score (nSPS) is 15.4. The third kappa shape index (κ3) is 10.1. The third-order valence-electron chi connectivity index (χ3n) is 3.74. The number of carbonyl (C=O) groups excluding carboxylic acids is 1. The first-order chi connectivity index (χ1) is 10.9. The number of rotatable bonds is 3. The second-order valence-electron chi connectivity index (χ2n) is 5.55. The van der Waals surface area contributed by atoms with E-state index in [1.54, 1.807) is 0 Å². The van der Waals surface area contributed by atoms with Gasteiger partial charge in [-0.2, -0.15) is 0 Å². The fourth-order valence-electron chi connectivity index (χ4n) is 2.35. The summed E-state index contributed by atoms with van der Waals surface area (Å²) in [5, 5.41) is 17.9. The van der Waals surface area contributed by atoms with Gasteiger partial charge >= 0.3 is 5.97 Å². The van der Waals surface area contributed by atoms with Crippen LogP contribution in [-0.2, 0) is 16.0 Å². The minimum atomic E-state index is -1.32. The predicted molar refractivity (Wildman–Crippen MR) is 93.1 cm³/mol. The number of methoxy groups -OCH3 is 1. The van der Waals surface area contributed by atoms with Gasteiger partial charge in [0.05, 0.1) is 7.11 Å². The summed E-state index contributed by atoms with van der Waals surface area (Å²) >= 11 is 0. The summed E-state index contributed by atoms with van der Waals surface area (Å²) in [5.74, 6) is -1.47. The van der Waals surface area contributed by atoms with Gasteiger partial charge in [0.25, 0.3) is 0 Å². The monoisotopic (exact) mass is 324 g/mol. The van der Waals surface area contributed by atoms with Crippen LogP contribution in [0.5, 0.6) is 0 Å². The highest BCUT2D eigenvalue weighted by Crippen LogP contribution is 2.24. The number of aryl methyl sites for hydroxylation is 2. The molecule has 0 radical (unpaired) electrons. The van der Waals surface area contributed by atoms with E-state index in [1.807, 2.05) is 45.0 Å². The highest BCUT2D eigenvalue weighted by Gasteiger charge is 2.24. The molecule has 0 unspecified atom stereocenters. The van der Waals surface area contributed by atoms with E-state index >= 15 is 0 Å². The lowest BCUT2D eigenvalue weighted by molar-refractivity contribution is -0.180. The van der Waals surface area contributed by atoms with E-state index in [2.05, 4.69) is 4.74 Å². The first-order valence-electron chi connectivity index (χ1n) is 8.51. The summed E-state index contributed by atoms with van der Waals surface area (Å²) in [4.78, 5) is 10.9. The van der Waals surface area contributed by atoms with Crippen molar-refractivity contribution >= 4 is 5.97 Å². The Morgan fingerprint density at radius 2 is 1.70 bits per heavy atom. The molecule has 1 aliphatic carbocycles. The molecule has 1 aromatic carbocycles. The van der Waals surface area contributed by atoms with E-state index in [1.165, 1.54) is 18.2 Å². The van der Waals surface area contributed by atoms with Crippen LogP contribution in [-0.4, -0.2) is 29.1 Å². The number of esters is 1. The predicted octanol–water partition coefficient (Wildman–Crippen LogP) is 3.76. The van der Waals surface area contributed by atoms with Crippen LogP contribution in [0.4, 0.5) is 0 Å². The molecule has 1 aliphatic rings. The van der Waals surface area contributed by atoms with Gasteiger partial charge in [-0.1, -0.05) is 44.5 Å². The lowest BCUT2D eigenvalue weighted by atomic mass is 9.95. The van der Waals surface area contributed by atoms with Gasteiger partial charge in [-0.15, -0.1) is 0 Å². The second-order valence-corrected chi connectivity index (χ2v) is 5.55. The average molecular weight is 324 g/mol. The molecule has 132 valence electrons. The van der Waals surface area contributed by atoms with E-state index in [4.69, 9.17) is 10.2 Å². The van der Waals surface area contributed by atoms with Crippen LogP contribution in [0.3, 0.4) is 0 Å². The average Bonchev–Trinajstić information content (AvgIpc) is 2.56. The zero-order valence-corrected chi connectivity index (χ0v) is 15.0. The van der Waals surface area contributed by atoms with Crippen molar-refractivity contribution in [1.82, 2.24) is 0 Å². The molecule has 4 nitrogen and oxygen atoms in total. The first-order valence-corrected chi connectivity index (χ1v) is 8.51. The maximum atomic E-state index is 10.9. The number of carbonyl (C=O) groups is 1. The lowest BCUT2D eigenvalue weighted by Gasteiger charge is -2.25. The quantitative estimate of drug-likeness (QED) is 0.656. The van der Waals surface area contributed by atoms with E-state index in [0.717, 1.165) is 25.7 Å². The highest BCUT2D eigenvalue weighted by molar-refractivity contribution is 5.69. The standard InChI is InChI=1S/C11H14O2.C6H12O2.C2H6/c1-9-5-3-4-6-10(9)7-8-11(12)13-2;7-6(8)4-2-1-3-5-6;1-2/h3-6H,7-8H2,1-2H3;7-8H,1-5H2;1-2H3. The maximum Gasteiger partial charge on any atom is 0.305 e. The molecule has 4 heteroatoms. The van der Waals surface area contributed by atoms with Gasteiger partial charge in [0.2, 0.25) is 0 Å². The number of hydrogen-bond acceptors (Lipinski definition) is 4. The van der Waals surface area contributed by atoms with Crippen molar-refractivity contribution in [2.75, 3.05) is 7.11 Å². The molecule has 1 fully saturated rings. The Kier molecular flexibility index (Phi) is 11.4. The van der Waals surface area contributed by atoms with Gasteiger partial charge in [0.15, 0.2) is 5.79 Å². The van der Waals surface area contributed by atoms with Crippen LogP contribution < -0.4 is 0 Å². The molecule has 0 bridgehead atoms. The van der Waals surface area contributed by atoms with Gasteiger partial charge in [-0.05, 0) is 37.3 Å². The Labute approximate surface area is 140 Å². The minimum Gasteiger partial charge on any atom is -0.469 e. The molecule has 23 heavy (non-hydrogen) atoms. The van der Waals surface area contributed by atoms with Crippen molar-refractivity contribution < 1.29 is 19.7 Å². The molecule has 1 saturated carbocycles. The van der Waals surface area contributed by atoms with E-state index in [-0.39, 0.29) is 5.97 Å². The summed E-state index contributed by atoms with van der Waals surface area (Å²) in [6, 6.07) is 8.07. The van der Waals surface area contributed by atoms with Crippen molar-refractivity contribution in [2.45, 2.75) is 71.5 Å². The zero-order valence-electron chi connectivity index (χ0n) is 15.0. The fraction of sp³-hybridized carbons (Fsp3) is 0.632. The molecular weight excluding hydrogens is 292 g/mol. The molecule has 0 spiro atoms. The summed E-state index contributed by atoms with van der Waals surface area (Å²) in [6.07, 6.45) is 5.43. The highest BCUT2D eigenvalue weighted by atomic mass is 16.5. The van der Waals surface area contributed by atoms with Crippen LogP contribution in [0.15, 0.2) is 24.3 Å². The van der Waals surface area contributed by atoms with Crippen LogP contribution in [0, 0.1) is 6.92 Å². The van der Waals surface area contributed by atoms with Crippen LogP contribution in [0.2, 0.25) is 0 Å². The molecule has 2 N–H and O–H groups in total. The smallest absolute Gasteiger partial charge is 0.305 e. The number of benzene rings is 1. The molecule has 0 amide bonds. The summed E-state index contributed by atoms with van der Waals surface area (Å²) < 4.78 is 4.57. The van der Waals surface area contributed by atoms with Crippen molar-refractivity contribution in [3.05, 3.63) is 35.4 Å². The fourth-order valence-corrected chi connectivity index (χ4v) is 2.35. The summed E-state index contributed by atoms with van der Waals surface area (Å²) in [7, 11) is 1.42. The van der Waals surface area contributed by atoms with E-state index < -0.39 is 5.79 Å². The Bertz CT molecular complexity index is 433. The van der Waals surface area contributed by atoms with Crippen molar-refractivity contribution in [2.24, 2.45) is 0 Å². The van der Waals surface area contributed by atoms with E-state index in [9.17, 15) is 4.79 Å². The van der Waals surface area contributed by atoms with Crippen molar-refractivity contribution in [3.63, 3.8) is 0 Å². The van der Waals surface area contributed by atoms with Crippen molar-refractivity contribution in [3.8, 4) is 0 Å². The molecule has 0 aromatic heterocycles. The Balaban J connectivity index is 0.000000414. The summed E-state index contributed by atoms with van der Waals surface area (Å²) in [5.41, 5.74) is 2.44. The molecular formula is C19H32O4. The maximum absolute atomic E-state index is 10.9. The van der Waals surface area contributed by atoms with Gasteiger partial charge in [-0.3, -0.25) is 4.79 Å². The molecule has 2 rings (SSSR count). The largest absolute Gasteiger partial charge is 0.469 e. The zero-order chi connectivity index (χ0) is 17.7. The Morgan fingerprint density at radius 1 is 1.13 bits per heavy atom. The minimum absolute atomic E-state index is 0.150. The Hall–Kier alpha value is -1.39. The van der Waals surface area contributed by atoms with Crippen LogP contribution in [0.25, 0.3) is 0 Å². The van der Waals surface area contributed by atoms with Crippen LogP contribution in [0.1, 0.15) is 63.5 Å². The lowest BCUT2D eigenvalue weighted by Crippen LogP contribution is -2.30. The van der Waals surface area contributed by atoms with Gasteiger partial charge in [-0.25, -0.2) is 0 Å². The topological polar surface area (TPSA) is 66.8 Å². The third-order valence-corrected chi connectivity index (χ3v) is 3.74. The second kappa shape index (κ2) is 12.1.